The Morgan fingerprint density at radius 2 is 1.88 bits per heavy atom. The van der Waals surface area contributed by atoms with Crippen LogP contribution in [0.25, 0.3) is 5.65 Å². The number of hydrogen-bond acceptors (Lipinski definition) is 2. The molecule has 0 aliphatic heterocycles. The highest BCUT2D eigenvalue weighted by Gasteiger charge is 2.08. The van der Waals surface area contributed by atoms with Gasteiger partial charge < -0.3 is 15.0 Å². The Balaban J connectivity index is 1.65. The quantitative estimate of drug-likeness (QED) is 0.680. The summed E-state index contributed by atoms with van der Waals surface area (Å²) in [5.74, 6) is 0. The van der Waals surface area contributed by atoms with E-state index < -0.39 is 0 Å². The van der Waals surface area contributed by atoms with Crippen LogP contribution in [0.3, 0.4) is 0 Å². The van der Waals surface area contributed by atoms with Crippen molar-refractivity contribution in [3.05, 3.63) is 65.1 Å². The van der Waals surface area contributed by atoms with Crippen molar-refractivity contribution in [3.8, 4) is 0 Å². The summed E-state index contributed by atoms with van der Waals surface area (Å²) >= 11 is 5.21. The Labute approximate surface area is 154 Å². The monoisotopic (exact) mass is 352 g/mol. The number of aryl methyl sites for hydroxylation is 4. The lowest BCUT2D eigenvalue weighted by Gasteiger charge is -2.09. The maximum Gasteiger partial charge on any atom is 0.170 e. The molecule has 0 bridgehead atoms. The minimum Gasteiger partial charge on any atom is -0.363 e. The zero-order chi connectivity index (χ0) is 17.8. The van der Waals surface area contributed by atoms with Crippen LogP contribution in [-0.4, -0.2) is 21.0 Å². The average molecular weight is 353 g/mol. The number of anilines is 1. The van der Waals surface area contributed by atoms with Crippen LogP contribution in [0.1, 0.15) is 29.4 Å². The molecule has 0 amide bonds. The fraction of sp³-hybridized carbons (Fsp3) is 0.300. The first-order chi connectivity index (χ1) is 12.1. The highest BCUT2D eigenvalue weighted by molar-refractivity contribution is 7.80. The topological polar surface area (TPSA) is 41.4 Å². The van der Waals surface area contributed by atoms with Gasteiger partial charge in [-0.2, -0.15) is 0 Å². The maximum absolute atomic E-state index is 5.21. The molecule has 0 fully saturated rings. The molecule has 0 spiro atoms. The molecule has 0 aliphatic rings. The van der Waals surface area contributed by atoms with Gasteiger partial charge in [-0.3, -0.25) is 0 Å². The number of thiocarbonyl (C=S) groups is 1. The van der Waals surface area contributed by atoms with Crippen molar-refractivity contribution in [1.29, 1.82) is 0 Å². The molecule has 0 radical (unpaired) electrons. The van der Waals surface area contributed by atoms with Crippen LogP contribution in [-0.2, 0) is 12.8 Å². The van der Waals surface area contributed by atoms with E-state index >= 15 is 0 Å². The molecule has 3 aromatic rings. The summed E-state index contributed by atoms with van der Waals surface area (Å²) in [6, 6.07) is 12.7. The van der Waals surface area contributed by atoms with Gasteiger partial charge in [0.05, 0.1) is 5.69 Å². The summed E-state index contributed by atoms with van der Waals surface area (Å²) in [6.07, 6.45) is 4.01. The van der Waals surface area contributed by atoms with Crippen molar-refractivity contribution in [2.24, 2.45) is 0 Å². The second-order valence-electron chi connectivity index (χ2n) is 6.26. The van der Waals surface area contributed by atoms with Crippen molar-refractivity contribution in [2.45, 2.75) is 33.6 Å². The maximum atomic E-state index is 5.21. The molecule has 1 aromatic carbocycles. The van der Waals surface area contributed by atoms with Crippen molar-refractivity contribution in [1.82, 2.24) is 14.7 Å². The Morgan fingerprint density at radius 3 is 2.60 bits per heavy atom. The highest BCUT2D eigenvalue weighted by Crippen LogP contribution is 2.16. The summed E-state index contributed by atoms with van der Waals surface area (Å²) in [5, 5.41) is 6.93. The second kappa shape index (κ2) is 7.66. The molecular weight excluding hydrogens is 328 g/mol. The molecule has 3 rings (SSSR count). The van der Waals surface area contributed by atoms with Crippen LogP contribution in [0.4, 0.5) is 5.69 Å². The van der Waals surface area contributed by atoms with Gasteiger partial charge in [0.15, 0.2) is 5.11 Å². The number of nitrogens with zero attached hydrogens (tertiary/aromatic N) is 2. The molecule has 25 heavy (non-hydrogen) atoms. The predicted molar refractivity (Wildman–Crippen MR) is 108 cm³/mol. The third kappa shape index (κ3) is 4.17. The van der Waals surface area contributed by atoms with Gasteiger partial charge in [0, 0.05) is 24.1 Å². The van der Waals surface area contributed by atoms with Gasteiger partial charge in [-0.15, -0.1) is 0 Å². The normalized spacial score (nSPS) is 10.8. The van der Waals surface area contributed by atoms with E-state index in [2.05, 4.69) is 71.5 Å². The summed E-state index contributed by atoms with van der Waals surface area (Å²) in [6.45, 7) is 7.09. The third-order valence-electron chi connectivity index (χ3n) is 4.32. The number of rotatable bonds is 5. The fourth-order valence-electron chi connectivity index (χ4n) is 2.91. The molecule has 2 heterocycles. The van der Waals surface area contributed by atoms with Gasteiger partial charge in [-0.05, 0) is 81.2 Å². The molecule has 0 atom stereocenters. The van der Waals surface area contributed by atoms with E-state index in [0.717, 1.165) is 30.7 Å². The van der Waals surface area contributed by atoms with E-state index in [1.807, 2.05) is 6.92 Å². The Hall–Kier alpha value is -2.40. The Kier molecular flexibility index (Phi) is 5.34. The molecule has 5 heteroatoms. The van der Waals surface area contributed by atoms with Gasteiger partial charge in [-0.25, -0.2) is 4.98 Å². The summed E-state index contributed by atoms with van der Waals surface area (Å²) in [7, 11) is 0. The van der Waals surface area contributed by atoms with E-state index in [1.165, 1.54) is 22.5 Å². The van der Waals surface area contributed by atoms with Crippen molar-refractivity contribution in [2.75, 3.05) is 11.9 Å². The van der Waals surface area contributed by atoms with Gasteiger partial charge >= 0.3 is 0 Å². The molecule has 2 N–H and O–H groups in total. The van der Waals surface area contributed by atoms with Crippen molar-refractivity contribution < 1.29 is 0 Å². The Morgan fingerprint density at radius 1 is 1.12 bits per heavy atom. The number of fused-ring (bicyclic) bond motifs is 1. The molecule has 2 aromatic heterocycles. The second-order valence-corrected chi connectivity index (χ2v) is 6.67. The standard InChI is InChI=1S/C20H24N4S/c1-4-21-20(25)22-17-8-5-16(6-9-17)7-10-18-15(3)24-12-11-14(2)13-19(24)23-18/h5-6,8-9,11-13H,4,7,10H2,1-3H3,(H2,21,22,25). The van der Waals surface area contributed by atoms with Gasteiger partial charge in [-0.1, -0.05) is 12.1 Å². The van der Waals surface area contributed by atoms with E-state index in [1.54, 1.807) is 0 Å². The van der Waals surface area contributed by atoms with E-state index in [9.17, 15) is 0 Å². The van der Waals surface area contributed by atoms with Gasteiger partial charge in [0.2, 0.25) is 0 Å². The van der Waals surface area contributed by atoms with E-state index in [4.69, 9.17) is 17.2 Å². The van der Waals surface area contributed by atoms with Gasteiger partial charge in [0.25, 0.3) is 0 Å². The van der Waals surface area contributed by atoms with Crippen LogP contribution in [0.2, 0.25) is 0 Å². The molecule has 4 nitrogen and oxygen atoms in total. The molecule has 130 valence electrons. The number of aromatic nitrogens is 2. The van der Waals surface area contributed by atoms with Crippen LogP contribution < -0.4 is 10.6 Å². The first-order valence-corrected chi connectivity index (χ1v) is 9.05. The Bertz CT molecular complexity index is 881. The highest BCUT2D eigenvalue weighted by atomic mass is 32.1. The third-order valence-corrected chi connectivity index (χ3v) is 4.56. The van der Waals surface area contributed by atoms with Crippen LogP contribution in [0.15, 0.2) is 42.6 Å². The molecule has 0 saturated carbocycles. The summed E-state index contributed by atoms with van der Waals surface area (Å²) in [4.78, 5) is 4.79. The van der Waals surface area contributed by atoms with Gasteiger partial charge in [0.1, 0.15) is 5.65 Å². The number of pyridine rings is 1. The van der Waals surface area contributed by atoms with Crippen molar-refractivity contribution in [3.63, 3.8) is 0 Å². The minimum absolute atomic E-state index is 0.658. The molecule has 0 unspecified atom stereocenters. The van der Waals surface area contributed by atoms with Crippen LogP contribution in [0.5, 0.6) is 0 Å². The van der Waals surface area contributed by atoms with E-state index in [-0.39, 0.29) is 0 Å². The minimum atomic E-state index is 0.658. The first kappa shape index (κ1) is 17.4. The largest absolute Gasteiger partial charge is 0.363 e. The number of nitrogens with one attached hydrogen (secondary N) is 2. The van der Waals surface area contributed by atoms with Crippen molar-refractivity contribution >= 4 is 28.7 Å². The fourth-order valence-corrected chi connectivity index (χ4v) is 3.17. The van der Waals surface area contributed by atoms with E-state index in [0.29, 0.717) is 5.11 Å². The lowest BCUT2D eigenvalue weighted by atomic mass is 10.1. The summed E-state index contributed by atoms with van der Waals surface area (Å²) < 4.78 is 2.16. The number of hydrogen-bond donors (Lipinski definition) is 2. The lowest BCUT2D eigenvalue weighted by Crippen LogP contribution is -2.27. The summed E-state index contributed by atoms with van der Waals surface area (Å²) in [5.41, 5.74) is 6.97. The molecule has 0 saturated heterocycles. The lowest BCUT2D eigenvalue weighted by molar-refractivity contribution is 0.911. The SMILES string of the molecule is CCNC(=S)Nc1ccc(CCc2nc3cc(C)ccn3c2C)cc1. The average Bonchev–Trinajstić information content (AvgIpc) is 2.90. The zero-order valence-corrected chi connectivity index (χ0v) is 15.8. The molecule has 0 aliphatic carbocycles. The van der Waals surface area contributed by atoms with Crippen LogP contribution >= 0.6 is 12.2 Å². The first-order valence-electron chi connectivity index (χ1n) is 8.65. The number of benzene rings is 1. The van der Waals surface area contributed by atoms with Crippen LogP contribution in [0, 0.1) is 13.8 Å². The predicted octanol–water partition coefficient (Wildman–Crippen LogP) is 4.04. The smallest absolute Gasteiger partial charge is 0.170 e. The number of imidazole rings is 1. The zero-order valence-electron chi connectivity index (χ0n) is 15.0. The molecular formula is C20H24N4S.